The van der Waals surface area contributed by atoms with Crippen LogP contribution in [-0.4, -0.2) is 23.3 Å². The van der Waals surface area contributed by atoms with Crippen LogP contribution in [0.25, 0.3) is 0 Å². The second-order valence-corrected chi connectivity index (χ2v) is 7.23. The van der Waals surface area contributed by atoms with E-state index in [0.29, 0.717) is 12.3 Å². The summed E-state index contributed by atoms with van der Waals surface area (Å²) in [4.78, 5) is 26.7. The standard InChI is InChI=1S/C22H24N2O3/c1-2-19(15-6-4-3-5-7-15)24-13-17-12-18(23-22(26)16-8-9-16)10-11-20(17)27-14-21(24)25/h3-7,10-12,16,19H,2,8-9,13-14H2,1H3,(H,23,26). The van der Waals surface area contributed by atoms with Crippen molar-refractivity contribution in [3.05, 3.63) is 59.7 Å². The van der Waals surface area contributed by atoms with Gasteiger partial charge in [0.25, 0.3) is 5.91 Å². The molecule has 0 radical (unpaired) electrons. The number of hydrogen-bond donors (Lipinski definition) is 1. The number of anilines is 1. The molecule has 4 rings (SSSR count). The van der Waals surface area contributed by atoms with Gasteiger partial charge < -0.3 is 15.0 Å². The number of nitrogens with one attached hydrogen (secondary N) is 1. The Morgan fingerprint density at radius 2 is 2.00 bits per heavy atom. The Morgan fingerprint density at radius 3 is 2.70 bits per heavy atom. The molecule has 0 aromatic heterocycles. The molecule has 0 saturated heterocycles. The molecule has 1 saturated carbocycles. The lowest BCUT2D eigenvalue weighted by molar-refractivity contribution is -0.136. The van der Waals surface area contributed by atoms with Gasteiger partial charge in [0.15, 0.2) is 6.61 Å². The first-order valence-electron chi connectivity index (χ1n) is 9.56. The highest BCUT2D eigenvalue weighted by Gasteiger charge is 2.31. The number of amides is 2. The molecule has 5 heteroatoms. The van der Waals surface area contributed by atoms with E-state index in [9.17, 15) is 9.59 Å². The van der Waals surface area contributed by atoms with E-state index >= 15 is 0 Å². The Kier molecular flexibility index (Phi) is 4.84. The predicted molar refractivity (Wildman–Crippen MR) is 103 cm³/mol. The van der Waals surface area contributed by atoms with E-state index in [4.69, 9.17) is 4.74 Å². The Hall–Kier alpha value is -2.82. The van der Waals surface area contributed by atoms with Gasteiger partial charge in [-0.3, -0.25) is 9.59 Å². The molecule has 140 valence electrons. The van der Waals surface area contributed by atoms with Crippen molar-refractivity contribution in [2.75, 3.05) is 11.9 Å². The molecule has 1 heterocycles. The zero-order chi connectivity index (χ0) is 18.8. The molecule has 1 atom stereocenters. The smallest absolute Gasteiger partial charge is 0.261 e. The van der Waals surface area contributed by atoms with Gasteiger partial charge in [0.1, 0.15) is 5.75 Å². The molecule has 1 fully saturated rings. The van der Waals surface area contributed by atoms with E-state index < -0.39 is 0 Å². The zero-order valence-corrected chi connectivity index (χ0v) is 15.5. The Labute approximate surface area is 159 Å². The number of hydrogen-bond acceptors (Lipinski definition) is 3. The van der Waals surface area contributed by atoms with Crippen LogP contribution in [-0.2, 0) is 16.1 Å². The van der Waals surface area contributed by atoms with Crippen molar-refractivity contribution in [2.24, 2.45) is 5.92 Å². The fraction of sp³-hybridized carbons (Fsp3) is 0.364. The molecule has 1 aliphatic carbocycles. The number of benzene rings is 2. The van der Waals surface area contributed by atoms with Crippen LogP contribution in [0.3, 0.4) is 0 Å². The summed E-state index contributed by atoms with van der Waals surface area (Å²) in [6.45, 7) is 2.59. The first-order valence-corrected chi connectivity index (χ1v) is 9.56. The molecule has 2 aromatic rings. The van der Waals surface area contributed by atoms with Gasteiger partial charge in [-0.25, -0.2) is 0 Å². The second-order valence-electron chi connectivity index (χ2n) is 7.23. The van der Waals surface area contributed by atoms with Crippen molar-refractivity contribution in [1.29, 1.82) is 0 Å². The van der Waals surface area contributed by atoms with Gasteiger partial charge in [-0.15, -0.1) is 0 Å². The number of ether oxygens (including phenoxy) is 1. The maximum absolute atomic E-state index is 12.7. The van der Waals surface area contributed by atoms with Crippen LogP contribution in [0, 0.1) is 5.92 Å². The third-order valence-electron chi connectivity index (χ3n) is 5.24. The Morgan fingerprint density at radius 1 is 1.22 bits per heavy atom. The molecule has 0 bridgehead atoms. The molecule has 2 aromatic carbocycles. The van der Waals surface area contributed by atoms with Gasteiger partial charge in [-0.2, -0.15) is 0 Å². The van der Waals surface area contributed by atoms with Crippen molar-refractivity contribution in [3.63, 3.8) is 0 Å². The van der Waals surface area contributed by atoms with Gasteiger partial charge in [0.05, 0.1) is 12.6 Å². The molecule has 2 amide bonds. The summed E-state index contributed by atoms with van der Waals surface area (Å²) >= 11 is 0. The molecule has 0 spiro atoms. The van der Waals surface area contributed by atoms with E-state index in [1.807, 2.05) is 41.3 Å². The quantitative estimate of drug-likeness (QED) is 0.875. The van der Waals surface area contributed by atoms with Crippen LogP contribution < -0.4 is 10.1 Å². The van der Waals surface area contributed by atoms with Crippen LogP contribution in [0.2, 0.25) is 0 Å². The minimum atomic E-state index is -0.0227. The summed E-state index contributed by atoms with van der Waals surface area (Å²) in [5.41, 5.74) is 2.80. The number of rotatable bonds is 5. The molecule has 1 N–H and O–H groups in total. The normalized spacial score (nSPS) is 17.5. The number of carbonyl (C=O) groups excluding carboxylic acids is 2. The second kappa shape index (κ2) is 7.43. The SMILES string of the molecule is CCC(c1ccccc1)N1Cc2cc(NC(=O)C3CC3)ccc2OCC1=O. The summed E-state index contributed by atoms with van der Waals surface area (Å²) in [5.74, 6) is 0.914. The summed E-state index contributed by atoms with van der Waals surface area (Å²) in [6.07, 6.45) is 2.76. The van der Waals surface area contributed by atoms with E-state index in [0.717, 1.165) is 36.1 Å². The summed E-state index contributed by atoms with van der Waals surface area (Å²) in [7, 11) is 0. The van der Waals surface area contributed by atoms with Crippen LogP contribution >= 0.6 is 0 Å². The summed E-state index contributed by atoms with van der Waals surface area (Å²) in [5, 5.41) is 2.98. The van der Waals surface area contributed by atoms with Gasteiger partial charge >= 0.3 is 0 Å². The van der Waals surface area contributed by atoms with E-state index in [1.165, 1.54) is 0 Å². The van der Waals surface area contributed by atoms with Crippen molar-refractivity contribution in [1.82, 2.24) is 4.90 Å². The summed E-state index contributed by atoms with van der Waals surface area (Å²) in [6, 6.07) is 15.7. The van der Waals surface area contributed by atoms with Crippen LogP contribution in [0.1, 0.15) is 43.4 Å². The van der Waals surface area contributed by atoms with Gasteiger partial charge in [0, 0.05) is 17.2 Å². The van der Waals surface area contributed by atoms with E-state index in [1.54, 1.807) is 0 Å². The molecule has 2 aliphatic rings. The molecule has 27 heavy (non-hydrogen) atoms. The predicted octanol–water partition coefficient (Wildman–Crippen LogP) is 3.91. The van der Waals surface area contributed by atoms with E-state index in [-0.39, 0.29) is 30.4 Å². The lowest BCUT2D eigenvalue weighted by Crippen LogP contribution is -2.35. The highest BCUT2D eigenvalue weighted by Crippen LogP contribution is 2.34. The minimum Gasteiger partial charge on any atom is -0.483 e. The number of fused-ring (bicyclic) bond motifs is 1. The van der Waals surface area contributed by atoms with Crippen molar-refractivity contribution in [2.45, 2.75) is 38.8 Å². The monoisotopic (exact) mass is 364 g/mol. The van der Waals surface area contributed by atoms with Crippen molar-refractivity contribution < 1.29 is 14.3 Å². The topological polar surface area (TPSA) is 58.6 Å². The summed E-state index contributed by atoms with van der Waals surface area (Å²) < 4.78 is 5.74. The fourth-order valence-corrected chi connectivity index (χ4v) is 3.60. The van der Waals surface area contributed by atoms with Crippen LogP contribution in [0.5, 0.6) is 5.75 Å². The van der Waals surface area contributed by atoms with Crippen LogP contribution in [0.15, 0.2) is 48.5 Å². The highest BCUT2D eigenvalue weighted by molar-refractivity contribution is 5.94. The maximum Gasteiger partial charge on any atom is 0.261 e. The van der Waals surface area contributed by atoms with Gasteiger partial charge in [-0.1, -0.05) is 37.3 Å². The fourth-order valence-electron chi connectivity index (χ4n) is 3.60. The third kappa shape index (κ3) is 3.82. The van der Waals surface area contributed by atoms with Gasteiger partial charge in [0.2, 0.25) is 5.91 Å². The molecule has 1 aliphatic heterocycles. The van der Waals surface area contributed by atoms with Gasteiger partial charge in [-0.05, 0) is 43.0 Å². The first kappa shape index (κ1) is 17.6. The average molecular weight is 364 g/mol. The first-order chi connectivity index (χ1) is 13.2. The zero-order valence-electron chi connectivity index (χ0n) is 15.5. The number of carbonyl (C=O) groups is 2. The van der Waals surface area contributed by atoms with E-state index in [2.05, 4.69) is 24.4 Å². The highest BCUT2D eigenvalue weighted by atomic mass is 16.5. The Balaban J connectivity index is 1.60. The maximum atomic E-state index is 12.7. The third-order valence-corrected chi connectivity index (χ3v) is 5.24. The molecule has 1 unspecified atom stereocenters. The number of nitrogens with zero attached hydrogens (tertiary/aromatic N) is 1. The molecular formula is C22H24N2O3. The van der Waals surface area contributed by atoms with Crippen LogP contribution in [0.4, 0.5) is 5.69 Å². The Bertz CT molecular complexity index is 846. The molecule has 5 nitrogen and oxygen atoms in total. The lowest BCUT2D eigenvalue weighted by Gasteiger charge is -2.30. The van der Waals surface area contributed by atoms with Crippen molar-refractivity contribution >= 4 is 17.5 Å². The molecular weight excluding hydrogens is 340 g/mol. The largest absolute Gasteiger partial charge is 0.483 e. The average Bonchev–Trinajstić information content (AvgIpc) is 3.53. The lowest BCUT2D eigenvalue weighted by atomic mass is 10.0. The van der Waals surface area contributed by atoms with Crippen molar-refractivity contribution in [3.8, 4) is 5.75 Å². The minimum absolute atomic E-state index is 0.00189.